The molecule has 0 saturated carbocycles. The SMILES string of the molecule is C=CCOc1ccc(/C=C2\C(=O)N(c3ccccc3)C(C)=C2C(=O)OCC)cc1OC. The Labute approximate surface area is 182 Å². The smallest absolute Gasteiger partial charge is 0.340 e. The van der Waals surface area contributed by atoms with Gasteiger partial charge in [0.1, 0.15) is 6.61 Å². The molecule has 3 rings (SSSR count). The van der Waals surface area contributed by atoms with E-state index in [1.165, 1.54) is 4.90 Å². The fourth-order valence-electron chi connectivity index (χ4n) is 3.38. The average molecular weight is 419 g/mol. The second kappa shape index (κ2) is 9.80. The molecule has 1 amide bonds. The number of allylic oxidation sites excluding steroid dienone is 1. The summed E-state index contributed by atoms with van der Waals surface area (Å²) in [4.78, 5) is 27.6. The second-order valence-corrected chi connectivity index (χ2v) is 6.72. The van der Waals surface area contributed by atoms with E-state index >= 15 is 0 Å². The Morgan fingerprint density at radius 3 is 2.52 bits per heavy atom. The van der Waals surface area contributed by atoms with Gasteiger partial charge in [0.15, 0.2) is 11.5 Å². The maximum Gasteiger partial charge on any atom is 0.340 e. The van der Waals surface area contributed by atoms with Gasteiger partial charge in [-0.2, -0.15) is 0 Å². The average Bonchev–Trinajstić information content (AvgIpc) is 3.02. The molecule has 2 aromatic rings. The van der Waals surface area contributed by atoms with Crippen molar-refractivity contribution < 1.29 is 23.8 Å². The van der Waals surface area contributed by atoms with Gasteiger partial charge in [-0.05, 0) is 49.8 Å². The van der Waals surface area contributed by atoms with E-state index in [-0.39, 0.29) is 23.7 Å². The molecule has 0 atom stereocenters. The first-order chi connectivity index (χ1) is 15.0. The van der Waals surface area contributed by atoms with Crippen LogP contribution in [0.1, 0.15) is 19.4 Å². The normalized spacial score (nSPS) is 14.7. The van der Waals surface area contributed by atoms with Crippen LogP contribution in [-0.2, 0) is 14.3 Å². The zero-order valence-corrected chi connectivity index (χ0v) is 17.9. The lowest BCUT2D eigenvalue weighted by Crippen LogP contribution is -2.24. The van der Waals surface area contributed by atoms with Crippen molar-refractivity contribution in [1.82, 2.24) is 0 Å². The molecule has 0 unspecified atom stereocenters. The molecular formula is C25H25NO5. The highest BCUT2D eigenvalue weighted by atomic mass is 16.5. The molecule has 31 heavy (non-hydrogen) atoms. The molecule has 1 aliphatic heterocycles. The topological polar surface area (TPSA) is 65.1 Å². The van der Waals surface area contributed by atoms with Crippen molar-refractivity contribution in [3.8, 4) is 11.5 Å². The Hall–Kier alpha value is -3.80. The third-order valence-corrected chi connectivity index (χ3v) is 4.75. The highest BCUT2D eigenvalue weighted by Crippen LogP contribution is 2.36. The Kier molecular flexibility index (Phi) is 6.92. The molecule has 160 valence electrons. The number of para-hydroxylation sites is 1. The first-order valence-corrected chi connectivity index (χ1v) is 9.93. The number of benzene rings is 2. The minimum atomic E-state index is -0.532. The van der Waals surface area contributed by atoms with Crippen LogP contribution in [0.5, 0.6) is 11.5 Å². The maximum atomic E-state index is 13.3. The number of esters is 1. The van der Waals surface area contributed by atoms with Crippen LogP contribution in [0, 0.1) is 0 Å². The van der Waals surface area contributed by atoms with Gasteiger partial charge in [-0.15, -0.1) is 0 Å². The molecule has 0 spiro atoms. The van der Waals surface area contributed by atoms with Crippen molar-refractivity contribution in [2.24, 2.45) is 0 Å². The summed E-state index contributed by atoms with van der Waals surface area (Å²) in [6, 6.07) is 14.5. The standard InChI is InChI=1S/C25H25NO5/c1-5-14-31-21-13-12-18(16-22(21)29-4)15-20-23(25(28)30-6-2)17(3)26(24(20)27)19-10-8-7-9-11-19/h5,7-13,15-16H,1,6,14H2,2-4H3/b20-15-. The van der Waals surface area contributed by atoms with Crippen LogP contribution in [0.25, 0.3) is 6.08 Å². The molecule has 2 aromatic carbocycles. The van der Waals surface area contributed by atoms with Gasteiger partial charge in [0, 0.05) is 11.4 Å². The third-order valence-electron chi connectivity index (χ3n) is 4.75. The summed E-state index contributed by atoms with van der Waals surface area (Å²) >= 11 is 0. The van der Waals surface area contributed by atoms with E-state index in [2.05, 4.69) is 6.58 Å². The number of amides is 1. The molecule has 0 aromatic heterocycles. The van der Waals surface area contributed by atoms with Crippen LogP contribution in [0.4, 0.5) is 5.69 Å². The van der Waals surface area contributed by atoms with Crippen LogP contribution >= 0.6 is 0 Å². The molecule has 0 N–H and O–H groups in total. The number of hydrogen-bond acceptors (Lipinski definition) is 5. The largest absolute Gasteiger partial charge is 0.493 e. The number of nitrogens with zero attached hydrogens (tertiary/aromatic N) is 1. The molecule has 0 aliphatic carbocycles. The Morgan fingerprint density at radius 2 is 1.87 bits per heavy atom. The van der Waals surface area contributed by atoms with Crippen LogP contribution in [-0.4, -0.2) is 32.2 Å². The number of carbonyl (C=O) groups is 2. The zero-order valence-electron chi connectivity index (χ0n) is 17.9. The second-order valence-electron chi connectivity index (χ2n) is 6.72. The Balaban J connectivity index is 2.07. The van der Waals surface area contributed by atoms with Crippen molar-refractivity contribution in [1.29, 1.82) is 0 Å². The van der Waals surface area contributed by atoms with Crippen molar-refractivity contribution in [2.45, 2.75) is 13.8 Å². The van der Waals surface area contributed by atoms with Crippen molar-refractivity contribution in [3.05, 3.63) is 83.6 Å². The Bertz CT molecular complexity index is 1050. The van der Waals surface area contributed by atoms with E-state index in [9.17, 15) is 9.59 Å². The van der Waals surface area contributed by atoms with Crippen LogP contribution in [0.3, 0.4) is 0 Å². The first-order valence-electron chi connectivity index (χ1n) is 9.93. The maximum absolute atomic E-state index is 13.3. The summed E-state index contributed by atoms with van der Waals surface area (Å²) in [6.07, 6.45) is 3.31. The van der Waals surface area contributed by atoms with Crippen molar-refractivity contribution in [2.75, 3.05) is 25.2 Å². The van der Waals surface area contributed by atoms with Crippen LogP contribution < -0.4 is 14.4 Å². The molecule has 1 aliphatic rings. The summed E-state index contributed by atoms with van der Waals surface area (Å²) in [6.45, 7) is 7.67. The number of rotatable bonds is 8. The van der Waals surface area contributed by atoms with Gasteiger partial charge >= 0.3 is 5.97 Å². The summed E-state index contributed by atoms with van der Waals surface area (Å²) in [5.74, 6) is 0.249. The lowest BCUT2D eigenvalue weighted by atomic mass is 10.0. The third kappa shape index (κ3) is 4.53. The molecule has 0 saturated heterocycles. The minimum absolute atomic E-state index is 0.214. The predicted molar refractivity (Wildman–Crippen MR) is 120 cm³/mol. The number of hydrogen-bond donors (Lipinski definition) is 0. The number of ether oxygens (including phenoxy) is 3. The highest BCUT2D eigenvalue weighted by Gasteiger charge is 2.38. The fourth-order valence-corrected chi connectivity index (χ4v) is 3.38. The van der Waals surface area contributed by atoms with E-state index in [1.807, 2.05) is 30.3 Å². The van der Waals surface area contributed by atoms with Gasteiger partial charge in [0.05, 0.1) is 24.9 Å². The van der Waals surface area contributed by atoms with E-state index in [4.69, 9.17) is 14.2 Å². The molecule has 6 heteroatoms. The van der Waals surface area contributed by atoms with Gasteiger partial charge in [0.25, 0.3) is 5.91 Å². The van der Waals surface area contributed by atoms with Gasteiger partial charge in [-0.1, -0.05) is 36.9 Å². The lowest BCUT2D eigenvalue weighted by Gasteiger charge is -2.17. The van der Waals surface area contributed by atoms with Crippen molar-refractivity contribution >= 4 is 23.6 Å². The minimum Gasteiger partial charge on any atom is -0.493 e. The lowest BCUT2D eigenvalue weighted by molar-refractivity contribution is -0.138. The molecular weight excluding hydrogens is 394 g/mol. The Morgan fingerprint density at radius 1 is 1.13 bits per heavy atom. The quantitative estimate of drug-likeness (QED) is 0.357. The summed E-state index contributed by atoms with van der Waals surface area (Å²) in [5, 5.41) is 0. The zero-order chi connectivity index (χ0) is 22.4. The number of anilines is 1. The van der Waals surface area contributed by atoms with Crippen LogP contribution in [0.15, 0.2) is 78.0 Å². The molecule has 0 radical (unpaired) electrons. The molecule has 0 bridgehead atoms. The van der Waals surface area contributed by atoms with Crippen molar-refractivity contribution in [3.63, 3.8) is 0 Å². The van der Waals surface area contributed by atoms with Gasteiger partial charge in [-0.3, -0.25) is 9.69 Å². The summed E-state index contributed by atoms with van der Waals surface area (Å²) in [7, 11) is 1.54. The molecule has 1 heterocycles. The summed E-state index contributed by atoms with van der Waals surface area (Å²) in [5.41, 5.74) is 2.42. The fraction of sp³-hybridized carbons (Fsp3) is 0.200. The molecule has 6 nitrogen and oxygen atoms in total. The van der Waals surface area contributed by atoms with E-state index < -0.39 is 5.97 Å². The summed E-state index contributed by atoms with van der Waals surface area (Å²) < 4.78 is 16.2. The predicted octanol–water partition coefficient (Wildman–Crippen LogP) is 4.53. The first kappa shape index (κ1) is 21.9. The van der Waals surface area contributed by atoms with Gasteiger partial charge < -0.3 is 14.2 Å². The molecule has 0 fully saturated rings. The highest BCUT2D eigenvalue weighted by molar-refractivity contribution is 6.23. The number of carbonyl (C=O) groups excluding carboxylic acids is 2. The van der Waals surface area contributed by atoms with E-state index in [1.54, 1.807) is 51.3 Å². The van der Waals surface area contributed by atoms with Crippen LogP contribution in [0.2, 0.25) is 0 Å². The van der Waals surface area contributed by atoms with Gasteiger partial charge in [-0.25, -0.2) is 4.79 Å². The van der Waals surface area contributed by atoms with E-state index in [0.717, 1.165) is 0 Å². The number of methoxy groups -OCH3 is 1. The van der Waals surface area contributed by atoms with E-state index in [0.29, 0.717) is 35.1 Å². The van der Waals surface area contributed by atoms with Gasteiger partial charge in [0.2, 0.25) is 0 Å². The monoisotopic (exact) mass is 419 g/mol.